The van der Waals surface area contributed by atoms with Gasteiger partial charge in [0.15, 0.2) is 0 Å². The van der Waals surface area contributed by atoms with Crippen molar-refractivity contribution in [3.8, 4) is 5.75 Å². The van der Waals surface area contributed by atoms with Crippen LogP contribution in [0, 0.1) is 10.8 Å². The summed E-state index contributed by atoms with van der Waals surface area (Å²) in [5.41, 5.74) is 6.38. The number of nitrogens with two attached hydrogens (primary N) is 1. The monoisotopic (exact) mass is 262 g/mol. The minimum Gasteiger partial charge on any atom is -0.508 e. The molecule has 104 valence electrons. The van der Waals surface area contributed by atoms with E-state index in [1.807, 2.05) is 0 Å². The molecule has 1 aromatic carbocycles. The van der Waals surface area contributed by atoms with Crippen molar-refractivity contribution in [1.29, 1.82) is 0 Å². The Bertz CT molecular complexity index is 493. The largest absolute Gasteiger partial charge is 0.508 e. The highest BCUT2D eigenvalue weighted by molar-refractivity contribution is 5.95. The third-order valence-electron chi connectivity index (χ3n) is 4.47. The first-order valence-corrected chi connectivity index (χ1v) is 6.53. The van der Waals surface area contributed by atoms with Crippen LogP contribution in [0.4, 0.5) is 0 Å². The molecule has 4 heteroatoms. The molecule has 1 aromatic rings. The summed E-state index contributed by atoms with van der Waals surface area (Å²) in [6.45, 7) is 8.26. The molecule has 0 saturated heterocycles. The van der Waals surface area contributed by atoms with Gasteiger partial charge in [-0.2, -0.15) is 0 Å². The first-order chi connectivity index (χ1) is 8.67. The minimum absolute atomic E-state index is 0.0184. The number of carbonyl (C=O) groups excluding carboxylic acids is 1. The number of carbonyl (C=O) groups is 1. The fourth-order valence-electron chi connectivity index (χ4n) is 3.41. The van der Waals surface area contributed by atoms with Crippen molar-refractivity contribution >= 4 is 5.91 Å². The molecule has 0 spiro atoms. The number of hydrogen-bond acceptors (Lipinski definition) is 3. The topological polar surface area (TPSA) is 75.3 Å². The summed E-state index contributed by atoms with van der Waals surface area (Å²) in [4.78, 5) is 12.2. The lowest BCUT2D eigenvalue weighted by Gasteiger charge is -2.62. The molecule has 0 heterocycles. The maximum absolute atomic E-state index is 12.2. The molecule has 0 unspecified atom stereocenters. The highest BCUT2D eigenvalue weighted by Crippen LogP contribution is 2.52. The van der Waals surface area contributed by atoms with Gasteiger partial charge >= 0.3 is 0 Å². The van der Waals surface area contributed by atoms with Crippen LogP contribution in [-0.2, 0) is 0 Å². The highest BCUT2D eigenvalue weighted by atomic mass is 16.3. The van der Waals surface area contributed by atoms with Crippen molar-refractivity contribution in [3.05, 3.63) is 29.8 Å². The van der Waals surface area contributed by atoms with Crippen LogP contribution in [0.15, 0.2) is 24.3 Å². The second kappa shape index (κ2) is 4.23. The van der Waals surface area contributed by atoms with Crippen molar-refractivity contribution in [2.24, 2.45) is 16.6 Å². The average molecular weight is 262 g/mol. The third kappa shape index (κ3) is 2.10. The predicted molar refractivity (Wildman–Crippen MR) is 74.9 cm³/mol. The van der Waals surface area contributed by atoms with E-state index in [4.69, 9.17) is 5.73 Å². The number of aromatic hydroxyl groups is 1. The summed E-state index contributed by atoms with van der Waals surface area (Å²) in [6.07, 6.45) is 0. The van der Waals surface area contributed by atoms with Gasteiger partial charge in [0.25, 0.3) is 5.91 Å². The molecule has 1 amide bonds. The van der Waals surface area contributed by atoms with Crippen molar-refractivity contribution in [3.63, 3.8) is 0 Å². The van der Waals surface area contributed by atoms with Crippen LogP contribution in [0.1, 0.15) is 38.1 Å². The first-order valence-electron chi connectivity index (χ1n) is 6.53. The number of phenols is 1. The third-order valence-corrected chi connectivity index (χ3v) is 4.47. The molecule has 2 rings (SSSR count). The van der Waals surface area contributed by atoms with E-state index in [1.165, 1.54) is 6.07 Å². The van der Waals surface area contributed by atoms with E-state index >= 15 is 0 Å². The van der Waals surface area contributed by atoms with Gasteiger partial charge in [0.2, 0.25) is 0 Å². The van der Waals surface area contributed by atoms with E-state index in [-0.39, 0.29) is 34.6 Å². The fraction of sp³-hybridized carbons (Fsp3) is 0.533. The molecular weight excluding hydrogens is 240 g/mol. The molecule has 4 nitrogen and oxygen atoms in total. The van der Waals surface area contributed by atoms with E-state index in [0.717, 1.165) is 0 Å². The highest BCUT2D eigenvalue weighted by Gasteiger charge is 2.60. The predicted octanol–water partition coefficient (Wildman–Crippen LogP) is 1.88. The minimum atomic E-state index is -0.172. The summed E-state index contributed by atoms with van der Waals surface area (Å²) in [7, 11) is 0. The van der Waals surface area contributed by atoms with Gasteiger partial charge in [0.05, 0.1) is 0 Å². The molecule has 0 aliphatic heterocycles. The Morgan fingerprint density at radius 2 is 1.84 bits per heavy atom. The van der Waals surface area contributed by atoms with Crippen LogP contribution in [0.5, 0.6) is 5.75 Å². The van der Waals surface area contributed by atoms with Gasteiger partial charge in [-0.05, 0) is 18.2 Å². The van der Waals surface area contributed by atoms with E-state index in [0.29, 0.717) is 5.56 Å². The van der Waals surface area contributed by atoms with Crippen molar-refractivity contribution in [2.75, 3.05) is 0 Å². The lowest BCUT2D eigenvalue weighted by molar-refractivity contribution is -0.0663. The summed E-state index contributed by atoms with van der Waals surface area (Å²) in [6, 6.07) is 6.43. The maximum Gasteiger partial charge on any atom is 0.251 e. The van der Waals surface area contributed by atoms with E-state index in [2.05, 4.69) is 33.0 Å². The van der Waals surface area contributed by atoms with Crippen LogP contribution < -0.4 is 11.1 Å². The van der Waals surface area contributed by atoms with Crippen LogP contribution in [-0.4, -0.2) is 23.1 Å². The Hall–Kier alpha value is -1.55. The van der Waals surface area contributed by atoms with Gasteiger partial charge in [-0.3, -0.25) is 4.79 Å². The van der Waals surface area contributed by atoms with E-state index in [1.54, 1.807) is 18.2 Å². The van der Waals surface area contributed by atoms with Crippen molar-refractivity contribution < 1.29 is 9.90 Å². The molecule has 0 aromatic heterocycles. The molecule has 1 saturated carbocycles. The smallest absolute Gasteiger partial charge is 0.251 e. The zero-order valence-corrected chi connectivity index (χ0v) is 11.9. The van der Waals surface area contributed by atoms with Crippen LogP contribution >= 0.6 is 0 Å². The summed E-state index contributed by atoms with van der Waals surface area (Å²) >= 11 is 0. The Morgan fingerprint density at radius 3 is 2.37 bits per heavy atom. The number of hydrogen-bond donors (Lipinski definition) is 3. The second-order valence-electron chi connectivity index (χ2n) is 6.58. The molecular formula is C15H22N2O2. The molecule has 1 fully saturated rings. The van der Waals surface area contributed by atoms with Gasteiger partial charge < -0.3 is 16.2 Å². The molecule has 19 heavy (non-hydrogen) atoms. The number of nitrogens with one attached hydrogen (secondary N) is 1. The van der Waals surface area contributed by atoms with Crippen molar-refractivity contribution in [2.45, 2.75) is 39.8 Å². The SMILES string of the molecule is CC1(C)C(N)C(C)(C)C1NC(=O)c1cccc(O)c1. The van der Waals surface area contributed by atoms with Gasteiger partial charge in [-0.25, -0.2) is 0 Å². The first kappa shape index (κ1) is 13.9. The molecule has 0 radical (unpaired) electrons. The Labute approximate surface area is 114 Å². The summed E-state index contributed by atoms with van der Waals surface area (Å²) < 4.78 is 0. The van der Waals surface area contributed by atoms with Gasteiger partial charge in [0, 0.05) is 28.5 Å². The second-order valence-corrected chi connectivity index (χ2v) is 6.58. The number of rotatable bonds is 2. The lowest BCUT2D eigenvalue weighted by atomic mass is 9.48. The summed E-state index contributed by atoms with van der Waals surface area (Å²) in [5, 5.41) is 12.5. The van der Waals surface area contributed by atoms with Crippen LogP contribution in [0.3, 0.4) is 0 Å². The zero-order valence-electron chi connectivity index (χ0n) is 11.9. The lowest BCUT2D eigenvalue weighted by Crippen LogP contribution is -2.76. The van der Waals surface area contributed by atoms with Crippen LogP contribution in [0.2, 0.25) is 0 Å². The number of benzene rings is 1. The molecule has 1 aliphatic rings. The molecule has 4 N–H and O–H groups in total. The standard InChI is InChI=1S/C15H22N2O2/c1-14(2)12(16)15(3,4)13(14)17-11(19)9-6-5-7-10(18)8-9/h5-8,12-13,18H,16H2,1-4H3,(H,17,19). The van der Waals surface area contributed by atoms with E-state index in [9.17, 15) is 9.90 Å². The Morgan fingerprint density at radius 1 is 1.26 bits per heavy atom. The average Bonchev–Trinajstić information content (AvgIpc) is 2.34. The Balaban J connectivity index is 2.16. The van der Waals surface area contributed by atoms with Gasteiger partial charge in [0.1, 0.15) is 5.75 Å². The van der Waals surface area contributed by atoms with Gasteiger partial charge in [-0.1, -0.05) is 33.8 Å². The fourth-order valence-corrected chi connectivity index (χ4v) is 3.41. The van der Waals surface area contributed by atoms with Crippen LogP contribution in [0.25, 0.3) is 0 Å². The summed E-state index contributed by atoms with van der Waals surface area (Å²) in [5.74, 6) is -0.0783. The van der Waals surface area contributed by atoms with E-state index < -0.39 is 0 Å². The maximum atomic E-state index is 12.2. The molecule has 1 aliphatic carbocycles. The number of amides is 1. The van der Waals surface area contributed by atoms with Gasteiger partial charge in [-0.15, -0.1) is 0 Å². The van der Waals surface area contributed by atoms with Crippen molar-refractivity contribution in [1.82, 2.24) is 5.32 Å². The Kier molecular flexibility index (Phi) is 3.09. The number of phenolic OH excluding ortho intramolecular Hbond substituents is 1. The normalized spacial score (nSPS) is 27.4. The zero-order chi connectivity index (χ0) is 14.4. The molecule has 0 bridgehead atoms. The molecule has 0 atom stereocenters. The quantitative estimate of drug-likeness (QED) is 0.761.